The number of aryl methyl sites for hydroxylation is 3. The van der Waals surface area contributed by atoms with E-state index in [1.807, 2.05) is 39.0 Å². The van der Waals surface area contributed by atoms with Crippen LogP contribution >= 0.6 is 0 Å². The van der Waals surface area contributed by atoms with Gasteiger partial charge < -0.3 is 5.32 Å². The molecule has 1 amide bonds. The molecule has 0 aromatic heterocycles. The molecule has 31 heavy (non-hydrogen) atoms. The number of nitrogens with zero attached hydrogens (tertiary/aromatic N) is 2. The van der Waals surface area contributed by atoms with Gasteiger partial charge in [0.1, 0.15) is 0 Å². The van der Waals surface area contributed by atoms with E-state index in [-0.39, 0.29) is 42.7 Å². The largest absolute Gasteiger partial charge is 0.350 e. The first-order chi connectivity index (χ1) is 14.4. The minimum atomic E-state index is -3.68. The number of rotatable bonds is 9. The van der Waals surface area contributed by atoms with Crippen LogP contribution in [-0.2, 0) is 14.8 Å². The standard InChI is InChI=1S/C22H29N3O5S/c1-15-8-9-16(2)20(13-15)18(4)23-22(26)7-6-12-24(31(5,29)30)21-14-19(25(27)28)11-10-17(21)3/h8-11,13-14,18H,6-7,12H2,1-5H3,(H,23,26). The number of sulfonamides is 1. The van der Waals surface area contributed by atoms with Crippen LogP contribution in [0.5, 0.6) is 0 Å². The van der Waals surface area contributed by atoms with Gasteiger partial charge >= 0.3 is 0 Å². The second-order valence-corrected chi connectivity index (χ2v) is 9.72. The molecular weight excluding hydrogens is 418 g/mol. The van der Waals surface area contributed by atoms with E-state index in [1.165, 1.54) is 18.2 Å². The van der Waals surface area contributed by atoms with E-state index in [0.29, 0.717) is 5.56 Å². The van der Waals surface area contributed by atoms with Crippen LogP contribution in [0, 0.1) is 30.9 Å². The van der Waals surface area contributed by atoms with E-state index >= 15 is 0 Å². The van der Waals surface area contributed by atoms with Crippen molar-refractivity contribution in [3.05, 3.63) is 68.8 Å². The van der Waals surface area contributed by atoms with Crippen LogP contribution in [0.3, 0.4) is 0 Å². The van der Waals surface area contributed by atoms with Crippen LogP contribution in [0.1, 0.15) is 48.1 Å². The molecule has 0 bridgehead atoms. The first-order valence-electron chi connectivity index (χ1n) is 9.99. The third kappa shape index (κ3) is 6.52. The normalized spacial score (nSPS) is 12.3. The minimum Gasteiger partial charge on any atom is -0.350 e. The van der Waals surface area contributed by atoms with Crippen molar-refractivity contribution in [1.29, 1.82) is 0 Å². The average molecular weight is 448 g/mol. The summed E-state index contributed by atoms with van der Waals surface area (Å²) < 4.78 is 25.8. The van der Waals surface area contributed by atoms with E-state index in [4.69, 9.17) is 0 Å². The summed E-state index contributed by atoms with van der Waals surface area (Å²) in [6, 6.07) is 10.0. The SMILES string of the molecule is Cc1ccc(C)c(C(C)NC(=O)CCCN(c2cc([N+](=O)[O-])ccc2C)S(C)(=O)=O)c1. The molecule has 0 aliphatic carbocycles. The number of non-ortho nitro benzene ring substituents is 1. The lowest BCUT2D eigenvalue weighted by molar-refractivity contribution is -0.384. The van der Waals surface area contributed by atoms with E-state index in [9.17, 15) is 23.3 Å². The van der Waals surface area contributed by atoms with Crippen molar-refractivity contribution in [2.24, 2.45) is 0 Å². The smallest absolute Gasteiger partial charge is 0.271 e. The monoisotopic (exact) mass is 447 g/mol. The van der Waals surface area contributed by atoms with Crippen LogP contribution in [0.15, 0.2) is 36.4 Å². The Morgan fingerprint density at radius 3 is 2.39 bits per heavy atom. The quantitative estimate of drug-likeness (QED) is 0.462. The predicted octanol–water partition coefficient (Wildman–Crippen LogP) is 3.94. The first kappa shape index (κ1) is 24.3. The topological polar surface area (TPSA) is 110 Å². The molecule has 0 spiro atoms. The first-order valence-corrected chi connectivity index (χ1v) is 11.8. The molecule has 0 radical (unpaired) electrons. The van der Waals surface area contributed by atoms with Crippen LogP contribution < -0.4 is 9.62 Å². The Bertz CT molecular complexity index is 1080. The average Bonchev–Trinajstić information content (AvgIpc) is 2.66. The summed E-state index contributed by atoms with van der Waals surface area (Å²) in [7, 11) is -3.68. The number of nitro benzene ring substituents is 1. The van der Waals surface area contributed by atoms with Crippen LogP contribution in [0.2, 0.25) is 0 Å². The second kappa shape index (κ2) is 9.91. The van der Waals surface area contributed by atoms with Crippen LogP contribution in [0.4, 0.5) is 11.4 Å². The number of hydrogen-bond donors (Lipinski definition) is 1. The van der Waals surface area contributed by atoms with Gasteiger partial charge in [0, 0.05) is 25.1 Å². The fourth-order valence-corrected chi connectivity index (χ4v) is 4.46. The molecule has 0 aliphatic heterocycles. The highest BCUT2D eigenvalue weighted by molar-refractivity contribution is 7.92. The van der Waals surface area contributed by atoms with Crippen molar-refractivity contribution in [2.45, 2.75) is 46.6 Å². The highest BCUT2D eigenvalue weighted by atomic mass is 32.2. The van der Waals surface area contributed by atoms with Gasteiger partial charge in [-0.25, -0.2) is 8.42 Å². The molecular formula is C22H29N3O5S. The van der Waals surface area contributed by atoms with Gasteiger partial charge in [-0.15, -0.1) is 0 Å². The van der Waals surface area contributed by atoms with Crippen LogP contribution in [-0.4, -0.2) is 32.0 Å². The number of benzene rings is 2. The van der Waals surface area contributed by atoms with Gasteiger partial charge in [-0.2, -0.15) is 0 Å². The Morgan fingerprint density at radius 2 is 1.77 bits per heavy atom. The molecule has 1 N–H and O–H groups in total. The second-order valence-electron chi connectivity index (χ2n) is 7.82. The maximum absolute atomic E-state index is 12.4. The Kier molecular flexibility index (Phi) is 7.78. The summed E-state index contributed by atoms with van der Waals surface area (Å²) in [6.45, 7) is 7.63. The predicted molar refractivity (Wildman–Crippen MR) is 122 cm³/mol. The van der Waals surface area contributed by atoms with Gasteiger partial charge in [0.05, 0.1) is 22.9 Å². The number of amides is 1. The molecule has 8 nitrogen and oxygen atoms in total. The van der Waals surface area contributed by atoms with E-state index < -0.39 is 14.9 Å². The molecule has 1 atom stereocenters. The molecule has 2 aromatic carbocycles. The van der Waals surface area contributed by atoms with Gasteiger partial charge in [-0.1, -0.05) is 29.8 Å². The molecule has 1 unspecified atom stereocenters. The van der Waals surface area contributed by atoms with Crippen molar-refractivity contribution in [2.75, 3.05) is 17.1 Å². The summed E-state index contributed by atoms with van der Waals surface area (Å²) in [5.41, 5.74) is 3.90. The molecule has 0 aliphatic rings. The van der Waals surface area contributed by atoms with Gasteiger partial charge in [-0.05, 0) is 50.8 Å². The molecule has 168 valence electrons. The highest BCUT2D eigenvalue weighted by Gasteiger charge is 2.22. The minimum absolute atomic E-state index is 0.0477. The van der Waals surface area contributed by atoms with Crippen molar-refractivity contribution in [3.63, 3.8) is 0 Å². The fraction of sp³-hybridized carbons (Fsp3) is 0.409. The molecule has 0 saturated carbocycles. The molecule has 0 fully saturated rings. The lowest BCUT2D eigenvalue weighted by Gasteiger charge is -2.24. The number of carbonyl (C=O) groups excluding carboxylic acids is 1. The highest BCUT2D eigenvalue weighted by Crippen LogP contribution is 2.28. The summed E-state index contributed by atoms with van der Waals surface area (Å²) >= 11 is 0. The van der Waals surface area contributed by atoms with Crippen molar-refractivity contribution < 1.29 is 18.1 Å². The summed E-state index contributed by atoms with van der Waals surface area (Å²) in [6.07, 6.45) is 1.46. The number of carbonyl (C=O) groups is 1. The molecule has 2 aromatic rings. The zero-order chi connectivity index (χ0) is 23.3. The van der Waals surface area contributed by atoms with Gasteiger partial charge in [0.25, 0.3) is 5.69 Å². The molecule has 0 saturated heterocycles. The maximum atomic E-state index is 12.4. The van der Waals surface area contributed by atoms with Crippen molar-refractivity contribution in [3.8, 4) is 0 Å². The van der Waals surface area contributed by atoms with E-state index in [0.717, 1.165) is 27.3 Å². The molecule has 9 heteroatoms. The molecule has 0 heterocycles. The number of nitrogens with one attached hydrogen (secondary N) is 1. The summed E-state index contributed by atoms with van der Waals surface area (Å²) in [5.74, 6) is -0.183. The Balaban J connectivity index is 2.07. The van der Waals surface area contributed by atoms with E-state index in [2.05, 4.69) is 5.32 Å². The third-order valence-electron chi connectivity index (χ3n) is 5.12. The lowest BCUT2D eigenvalue weighted by atomic mass is 10.00. The zero-order valence-corrected chi connectivity index (χ0v) is 19.3. The van der Waals surface area contributed by atoms with Crippen molar-refractivity contribution in [1.82, 2.24) is 5.32 Å². The fourth-order valence-electron chi connectivity index (χ4n) is 3.45. The number of anilines is 1. The number of nitro groups is 1. The Morgan fingerprint density at radius 1 is 1.13 bits per heavy atom. The van der Waals surface area contributed by atoms with Gasteiger partial charge in [0.2, 0.25) is 15.9 Å². The van der Waals surface area contributed by atoms with Gasteiger partial charge in [-0.3, -0.25) is 19.2 Å². The Labute approximate surface area is 183 Å². The number of hydrogen-bond acceptors (Lipinski definition) is 5. The maximum Gasteiger partial charge on any atom is 0.271 e. The third-order valence-corrected chi connectivity index (χ3v) is 6.30. The van der Waals surface area contributed by atoms with Crippen LogP contribution in [0.25, 0.3) is 0 Å². The Hall–Kier alpha value is -2.94. The van der Waals surface area contributed by atoms with E-state index in [1.54, 1.807) is 6.92 Å². The lowest BCUT2D eigenvalue weighted by Crippen LogP contribution is -2.33. The van der Waals surface area contributed by atoms with Crippen molar-refractivity contribution >= 4 is 27.3 Å². The zero-order valence-electron chi connectivity index (χ0n) is 18.5. The molecule has 2 rings (SSSR count). The summed E-state index contributed by atoms with van der Waals surface area (Å²) in [4.78, 5) is 23.0. The van der Waals surface area contributed by atoms with Gasteiger partial charge in [0.15, 0.2) is 0 Å². The summed E-state index contributed by atoms with van der Waals surface area (Å²) in [5, 5.41) is 14.0.